The van der Waals surface area contributed by atoms with E-state index in [1.807, 2.05) is 19.0 Å². The summed E-state index contributed by atoms with van der Waals surface area (Å²) in [6, 6.07) is 6.99. The zero-order valence-electron chi connectivity index (χ0n) is 12.1. The maximum Gasteiger partial charge on any atom is 0.233 e. The second kappa shape index (κ2) is 8.16. The molecule has 0 heterocycles. The van der Waals surface area contributed by atoms with E-state index in [2.05, 4.69) is 10.6 Å². The molecule has 0 fully saturated rings. The molecule has 0 aromatic heterocycles. The van der Waals surface area contributed by atoms with Crippen LogP contribution in [0.15, 0.2) is 24.3 Å². The molecule has 0 atom stereocenters. The van der Waals surface area contributed by atoms with Crippen LogP contribution in [0.3, 0.4) is 0 Å². The molecule has 6 nitrogen and oxygen atoms in total. The van der Waals surface area contributed by atoms with Crippen LogP contribution in [0.2, 0.25) is 0 Å². The summed E-state index contributed by atoms with van der Waals surface area (Å²) in [6.45, 7) is 1.27. The molecule has 1 aromatic carbocycles. The van der Waals surface area contributed by atoms with Crippen molar-refractivity contribution >= 4 is 17.5 Å². The monoisotopic (exact) mass is 279 g/mol. The number of hydrogen-bond acceptors (Lipinski definition) is 4. The number of ether oxygens (including phenoxy) is 1. The molecule has 20 heavy (non-hydrogen) atoms. The van der Waals surface area contributed by atoms with E-state index in [0.717, 1.165) is 6.54 Å². The van der Waals surface area contributed by atoms with Gasteiger partial charge in [-0.15, -0.1) is 0 Å². The SMILES string of the molecule is COc1cccc(NC(=O)CC(=O)NCCN(C)C)c1. The van der Waals surface area contributed by atoms with E-state index in [1.165, 1.54) is 0 Å². The lowest BCUT2D eigenvalue weighted by atomic mass is 10.3. The van der Waals surface area contributed by atoms with Crippen molar-refractivity contribution in [2.24, 2.45) is 0 Å². The Hall–Kier alpha value is -2.08. The molecule has 110 valence electrons. The lowest BCUT2D eigenvalue weighted by Gasteiger charge is -2.10. The topological polar surface area (TPSA) is 70.7 Å². The maximum atomic E-state index is 11.7. The molecular formula is C14H21N3O3. The third-order valence-electron chi connectivity index (χ3n) is 2.56. The number of likely N-dealkylation sites (N-methyl/N-ethyl adjacent to an activating group) is 1. The second-order valence-corrected chi connectivity index (χ2v) is 4.61. The van der Waals surface area contributed by atoms with Crippen molar-refractivity contribution in [2.75, 3.05) is 39.6 Å². The van der Waals surface area contributed by atoms with Crippen molar-refractivity contribution in [1.29, 1.82) is 0 Å². The summed E-state index contributed by atoms with van der Waals surface area (Å²) >= 11 is 0. The molecule has 0 aliphatic rings. The second-order valence-electron chi connectivity index (χ2n) is 4.61. The van der Waals surface area contributed by atoms with Crippen molar-refractivity contribution in [3.8, 4) is 5.75 Å². The van der Waals surface area contributed by atoms with Gasteiger partial charge in [0.2, 0.25) is 11.8 Å². The van der Waals surface area contributed by atoms with Crippen LogP contribution in [-0.2, 0) is 9.59 Å². The van der Waals surface area contributed by atoms with Crippen LogP contribution in [-0.4, -0.2) is 51.0 Å². The number of benzene rings is 1. The molecule has 0 saturated heterocycles. The van der Waals surface area contributed by atoms with Gasteiger partial charge in [-0.1, -0.05) is 6.07 Å². The first-order valence-corrected chi connectivity index (χ1v) is 6.36. The largest absolute Gasteiger partial charge is 0.497 e. The molecule has 2 amide bonds. The Labute approximate surface area is 119 Å². The Kier molecular flexibility index (Phi) is 6.52. The molecule has 0 aliphatic carbocycles. The summed E-state index contributed by atoms with van der Waals surface area (Å²) in [5.74, 6) is 0.0195. The quantitative estimate of drug-likeness (QED) is 0.721. The molecule has 0 bridgehead atoms. The zero-order chi connectivity index (χ0) is 15.0. The van der Waals surface area contributed by atoms with Gasteiger partial charge in [0, 0.05) is 24.8 Å². The molecule has 6 heteroatoms. The minimum absolute atomic E-state index is 0.190. The van der Waals surface area contributed by atoms with Gasteiger partial charge < -0.3 is 20.3 Å². The molecule has 1 aromatic rings. The lowest BCUT2D eigenvalue weighted by molar-refractivity contribution is -0.126. The average molecular weight is 279 g/mol. The number of nitrogens with one attached hydrogen (secondary N) is 2. The van der Waals surface area contributed by atoms with E-state index in [4.69, 9.17) is 4.74 Å². The first-order chi connectivity index (χ1) is 9.51. The smallest absolute Gasteiger partial charge is 0.233 e. The fourth-order valence-corrected chi connectivity index (χ4v) is 1.53. The summed E-state index contributed by atoms with van der Waals surface area (Å²) in [4.78, 5) is 25.2. The van der Waals surface area contributed by atoms with Gasteiger partial charge in [-0.25, -0.2) is 0 Å². The van der Waals surface area contributed by atoms with Crippen LogP contribution in [0.25, 0.3) is 0 Å². The fraction of sp³-hybridized carbons (Fsp3) is 0.429. The predicted molar refractivity (Wildman–Crippen MR) is 77.8 cm³/mol. The Morgan fingerprint density at radius 1 is 1.25 bits per heavy atom. The summed E-state index contributed by atoms with van der Waals surface area (Å²) in [6.07, 6.45) is -0.190. The Morgan fingerprint density at radius 2 is 2.00 bits per heavy atom. The molecule has 0 radical (unpaired) electrons. The minimum atomic E-state index is -0.347. The lowest BCUT2D eigenvalue weighted by Crippen LogP contribution is -2.33. The molecule has 0 saturated carbocycles. The minimum Gasteiger partial charge on any atom is -0.497 e. The maximum absolute atomic E-state index is 11.7. The van der Waals surface area contributed by atoms with Crippen LogP contribution in [0, 0.1) is 0 Å². The van der Waals surface area contributed by atoms with Crippen molar-refractivity contribution in [1.82, 2.24) is 10.2 Å². The fourth-order valence-electron chi connectivity index (χ4n) is 1.53. The van der Waals surface area contributed by atoms with Gasteiger partial charge in [0.15, 0.2) is 0 Å². The first kappa shape index (κ1) is 16.0. The zero-order valence-corrected chi connectivity index (χ0v) is 12.1. The highest BCUT2D eigenvalue weighted by molar-refractivity contribution is 6.03. The van der Waals surface area contributed by atoms with Gasteiger partial charge in [-0.05, 0) is 26.2 Å². The number of methoxy groups -OCH3 is 1. The van der Waals surface area contributed by atoms with Crippen LogP contribution >= 0.6 is 0 Å². The average Bonchev–Trinajstić information content (AvgIpc) is 2.38. The van der Waals surface area contributed by atoms with E-state index in [0.29, 0.717) is 18.0 Å². The third-order valence-corrected chi connectivity index (χ3v) is 2.56. The third kappa shape index (κ3) is 6.19. The predicted octanol–water partition coefficient (Wildman–Crippen LogP) is 0.702. The van der Waals surface area contributed by atoms with Gasteiger partial charge in [0.1, 0.15) is 12.2 Å². The number of rotatable bonds is 7. The molecule has 0 spiro atoms. The van der Waals surface area contributed by atoms with Crippen LogP contribution in [0.5, 0.6) is 5.75 Å². The number of nitrogens with zero attached hydrogens (tertiary/aromatic N) is 1. The van der Waals surface area contributed by atoms with E-state index in [-0.39, 0.29) is 18.2 Å². The van der Waals surface area contributed by atoms with Gasteiger partial charge in [-0.3, -0.25) is 9.59 Å². The van der Waals surface area contributed by atoms with Gasteiger partial charge in [-0.2, -0.15) is 0 Å². The van der Waals surface area contributed by atoms with Gasteiger partial charge in [0.05, 0.1) is 7.11 Å². The first-order valence-electron chi connectivity index (χ1n) is 6.36. The Balaban J connectivity index is 2.37. The molecule has 1 rings (SSSR count). The van der Waals surface area contributed by atoms with Crippen LogP contribution in [0.1, 0.15) is 6.42 Å². The van der Waals surface area contributed by atoms with E-state index < -0.39 is 0 Å². The van der Waals surface area contributed by atoms with E-state index >= 15 is 0 Å². The number of hydrogen-bond donors (Lipinski definition) is 2. The Morgan fingerprint density at radius 3 is 2.65 bits per heavy atom. The Bertz CT molecular complexity index is 461. The molecule has 2 N–H and O–H groups in total. The molecular weight excluding hydrogens is 258 g/mol. The highest BCUT2D eigenvalue weighted by atomic mass is 16.5. The van der Waals surface area contributed by atoms with Crippen LogP contribution < -0.4 is 15.4 Å². The summed E-state index contributed by atoms with van der Waals surface area (Å²) in [7, 11) is 5.39. The number of carbonyl (C=O) groups is 2. The number of anilines is 1. The van der Waals surface area contributed by atoms with Crippen LogP contribution in [0.4, 0.5) is 5.69 Å². The van der Waals surface area contributed by atoms with Crippen molar-refractivity contribution in [2.45, 2.75) is 6.42 Å². The van der Waals surface area contributed by atoms with Crippen molar-refractivity contribution in [3.05, 3.63) is 24.3 Å². The molecule has 0 unspecified atom stereocenters. The van der Waals surface area contributed by atoms with Crippen molar-refractivity contribution in [3.63, 3.8) is 0 Å². The standard InChI is InChI=1S/C14H21N3O3/c1-17(2)8-7-15-13(18)10-14(19)16-11-5-4-6-12(9-11)20-3/h4-6,9H,7-8,10H2,1-3H3,(H,15,18)(H,16,19). The summed E-state index contributed by atoms with van der Waals surface area (Å²) < 4.78 is 5.06. The van der Waals surface area contributed by atoms with Gasteiger partial charge >= 0.3 is 0 Å². The van der Waals surface area contributed by atoms with E-state index in [9.17, 15) is 9.59 Å². The number of carbonyl (C=O) groups excluding carboxylic acids is 2. The highest BCUT2D eigenvalue weighted by Gasteiger charge is 2.09. The van der Waals surface area contributed by atoms with Crippen molar-refractivity contribution < 1.29 is 14.3 Å². The van der Waals surface area contributed by atoms with Gasteiger partial charge in [0.25, 0.3) is 0 Å². The normalized spacial score (nSPS) is 10.2. The summed E-state index contributed by atoms with van der Waals surface area (Å²) in [5, 5.41) is 5.34. The highest BCUT2D eigenvalue weighted by Crippen LogP contribution is 2.16. The van der Waals surface area contributed by atoms with E-state index in [1.54, 1.807) is 31.4 Å². The summed E-state index contributed by atoms with van der Waals surface area (Å²) in [5.41, 5.74) is 0.607. The number of amides is 2. The molecule has 0 aliphatic heterocycles.